The highest BCUT2D eigenvalue weighted by atomic mass is 15.1. The molecule has 4 nitrogen and oxygen atoms in total. The average Bonchev–Trinajstić information content (AvgIpc) is 3.29. The highest BCUT2D eigenvalue weighted by Gasteiger charge is 2.28. The first-order valence-corrected chi connectivity index (χ1v) is 7.22. The summed E-state index contributed by atoms with van der Waals surface area (Å²) in [4.78, 5) is 9.37. The van der Waals surface area contributed by atoms with Crippen molar-refractivity contribution in [1.29, 1.82) is 0 Å². The predicted molar refractivity (Wildman–Crippen MR) is 82.6 cm³/mol. The summed E-state index contributed by atoms with van der Waals surface area (Å²) in [5.74, 6) is 3.36. The topological polar surface area (TPSA) is 49.8 Å². The maximum Gasteiger partial charge on any atom is 0.139 e. The van der Waals surface area contributed by atoms with Crippen LogP contribution in [0, 0.1) is 6.92 Å². The lowest BCUT2D eigenvalue weighted by Crippen LogP contribution is -2.09. The summed E-state index contributed by atoms with van der Waals surface area (Å²) in [6.07, 6.45) is 2.42. The molecule has 2 aromatic rings. The Morgan fingerprint density at radius 1 is 1.10 bits per heavy atom. The van der Waals surface area contributed by atoms with Crippen LogP contribution in [0.15, 0.2) is 30.3 Å². The molecule has 1 aromatic carbocycles. The second-order valence-corrected chi connectivity index (χ2v) is 5.20. The first-order chi connectivity index (χ1) is 9.78. The minimum Gasteiger partial charge on any atom is -0.370 e. The predicted octanol–water partition coefficient (Wildman–Crippen LogP) is 3.84. The van der Waals surface area contributed by atoms with Crippen molar-refractivity contribution >= 4 is 17.3 Å². The third-order valence-corrected chi connectivity index (χ3v) is 3.49. The summed E-state index contributed by atoms with van der Waals surface area (Å²) in [7, 11) is 0. The van der Waals surface area contributed by atoms with Crippen LogP contribution in [0.1, 0.15) is 37.1 Å². The van der Waals surface area contributed by atoms with Gasteiger partial charge in [-0.1, -0.05) is 18.2 Å². The van der Waals surface area contributed by atoms with Crippen molar-refractivity contribution in [3.8, 4) is 0 Å². The fourth-order valence-corrected chi connectivity index (χ4v) is 2.18. The molecule has 1 aliphatic carbocycles. The molecule has 0 aliphatic heterocycles. The Labute approximate surface area is 119 Å². The summed E-state index contributed by atoms with van der Waals surface area (Å²) in [6, 6.07) is 10.1. The van der Waals surface area contributed by atoms with E-state index >= 15 is 0 Å². The molecule has 1 aliphatic rings. The summed E-state index contributed by atoms with van der Waals surface area (Å²) in [6.45, 7) is 5.01. The summed E-state index contributed by atoms with van der Waals surface area (Å²) < 4.78 is 0. The van der Waals surface area contributed by atoms with Crippen LogP contribution >= 0.6 is 0 Å². The Kier molecular flexibility index (Phi) is 3.54. The van der Waals surface area contributed by atoms with E-state index in [9.17, 15) is 0 Å². The number of rotatable bonds is 5. The molecule has 0 unspecified atom stereocenters. The molecule has 0 bridgehead atoms. The molecule has 0 saturated heterocycles. The molecule has 104 valence electrons. The van der Waals surface area contributed by atoms with Crippen LogP contribution in [0.5, 0.6) is 0 Å². The van der Waals surface area contributed by atoms with Crippen molar-refractivity contribution in [2.24, 2.45) is 0 Å². The number of nitrogens with zero attached hydrogens (tertiary/aromatic N) is 2. The number of anilines is 3. The molecular formula is C16H20N4. The Morgan fingerprint density at radius 3 is 2.45 bits per heavy atom. The minimum absolute atomic E-state index is 0.546. The summed E-state index contributed by atoms with van der Waals surface area (Å²) >= 11 is 0. The van der Waals surface area contributed by atoms with Crippen molar-refractivity contribution in [2.45, 2.75) is 32.6 Å². The lowest BCUT2D eigenvalue weighted by molar-refractivity contribution is 0.918. The van der Waals surface area contributed by atoms with E-state index in [0.29, 0.717) is 5.92 Å². The SMILES string of the molecule is CCNc1nc(C2CC2)nc(Nc2ccccc2)c1C. The molecule has 1 aromatic heterocycles. The highest BCUT2D eigenvalue weighted by molar-refractivity contribution is 5.64. The normalized spacial score (nSPS) is 14.1. The van der Waals surface area contributed by atoms with Gasteiger partial charge in [-0.2, -0.15) is 0 Å². The lowest BCUT2D eigenvalue weighted by Gasteiger charge is -2.14. The molecule has 3 rings (SSSR count). The van der Waals surface area contributed by atoms with Gasteiger partial charge in [0.15, 0.2) is 0 Å². The molecule has 1 heterocycles. The summed E-state index contributed by atoms with van der Waals surface area (Å²) in [5.41, 5.74) is 2.12. The van der Waals surface area contributed by atoms with Gasteiger partial charge in [-0.05, 0) is 38.8 Å². The third-order valence-electron chi connectivity index (χ3n) is 3.49. The maximum absolute atomic E-state index is 4.71. The van der Waals surface area contributed by atoms with Crippen LogP contribution in [-0.2, 0) is 0 Å². The number of hydrogen-bond donors (Lipinski definition) is 2. The fourth-order valence-electron chi connectivity index (χ4n) is 2.18. The van der Waals surface area contributed by atoms with Gasteiger partial charge in [0.1, 0.15) is 17.5 Å². The minimum atomic E-state index is 0.546. The van der Waals surface area contributed by atoms with Crippen molar-refractivity contribution in [2.75, 3.05) is 17.2 Å². The first kappa shape index (κ1) is 12.9. The van der Waals surface area contributed by atoms with Gasteiger partial charge in [-0.15, -0.1) is 0 Å². The molecule has 1 saturated carbocycles. The standard InChI is InChI=1S/C16H20N4/c1-3-17-14-11(2)15(18-13-7-5-4-6-8-13)20-16(19-14)12-9-10-12/h4-8,12H,3,9-10H2,1-2H3,(H2,17,18,19,20). The van der Waals surface area contributed by atoms with Crippen LogP contribution in [0.4, 0.5) is 17.3 Å². The number of hydrogen-bond acceptors (Lipinski definition) is 4. The number of benzene rings is 1. The van der Waals surface area contributed by atoms with E-state index in [4.69, 9.17) is 4.98 Å². The van der Waals surface area contributed by atoms with Crippen LogP contribution in [0.2, 0.25) is 0 Å². The van der Waals surface area contributed by atoms with Crippen LogP contribution in [0.25, 0.3) is 0 Å². The van der Waals surface area contributed by atoms with E-state index < -0.39 is 0 Å². The van der Waals surface area contributed by atoms with Crippen molar-refractivity contribution in [1.82, 2.24) is 9.97 Å². The smallest absolute Gasteiger partial charge is 0.139 e. The van der Waals surface area contributed by atoms with E-state index in [2.05, 4.69) is 29.5 Å². The van der Waals surface area contributed by atoms with Crippen LogP contribution in [0.3, 0.4) is 0 Å². The molecule has 1 fully saturated rings. The van der Waals surface area contributed by atoms with E-state index in [1.165, 1.54) is 12.8 Å². The van der Waals surface area contributed by atoms with E-state index in [-0.39, 0.29) is 0 Å². The second kappa shape index (κ2) is 5.49. The molecule has 0 amide bonds. The van der Waals surface area contributed by atoms with Gasteiger partial charge in [0.05, 0.1) is 0 Å². The van der Waals surface area contributed by atoms with Crippen molar-refractivity contribution in [3.63, 3.8) is 0 Å². The third kappa shape index (κ3) is 2.74. The Bertz CT molecular complexity index is 591. The van der Waals surface area contributed by atoms with Crippen molar-refractivity contribution in [3.05, 3.63) is 41.7 Å². The Morgan fingerprint density at radius 2 is 1.80 bits per heavy atom. The largest absolute Gasteiger partial charge is 0.370 e. The van der Waals surface area contributed by atoms with Gasteiger partial charge >= 0.3 is 0 Å². The van der Waals surface area contributed by atoms with Gasteiger partial charge in [0.25, 0.3) is 0 Å². The second-order valence-electron chi connectivity index (χ2n) is 5.20. The van der Waals surface area contributed by atoms with Crippen molar-refractivity contribution < 1.29 is 0 Å². The van der Waals surface area contributed by atoms with E-state index in [1.807, 2.05) is 30.3 Å². The molecule has 0 spiro atoms. The zero-order chi connectivity index (χ0) is 13.9. The van der Waals surface area contributed by atoms with E-state index in [1.54, 1.807) is 0 Å². The number of para-hydroxylation sites is 1. The highest BCUT2D eigenvalue weighted by Crippen LogP contribution is 2.39. The number of aromatic nitrogens is 2. The monoisotopic (exact) mass is 268 g/mol. The molecule has 0 atom stereocenters. The van der Waals surface area contributed by atoms with Gasteiger partial charge in [0, 0.05) is 23.7 Å². The van der Waals surface area contributed by atoms with Crippen LogP contribution < -0.4 is 10.6 Å². The number of nitrogens with one attached hydrogen (secondary N) is 2. The zero-order valence-electron chi connectivity index (χ0n) is 12.0. The Balaban J connectivity index is 1.95. The average molecular weight is 268 g/mol. The molecule has 20 heavy (non-hydrogen) atoms. The van der Waals surface area contributed by atoms with E-state index in [0.717, 1.165) is 35.3 Å². The van der Waals surface area contributed by atoms with Gasteiger partial charge in [-0.25, -0.2) is 9.97 Å². The van der Waals surface area contributed by atoms with Gasteiger partial charge < -0.3 is 10.6 Å². The van der Waals surface area contributed by atoms with Gasteiger partial charge in [-0.3, -0.25) is 0 Å². The van der Waals surface area contributed by atoms with Gasteiger partial charge in [0.2, 0.25) is 0 Å². The fraction of sp³-hybridized carbons (Fsp3) is 0.375. The zero-order valence-corrected chi connectivity index (χ0v) is 12.0. The lowest BCUT2D eigenvalue weighted by atomic mass is 10.2. The molecule has 0 radical (unpaired) electrons. The Hall–Kier alpha value is -2.10. The summed E-state index contributed by atoms with van der Waals surface area (Å²) in [5, 5.41) is 6.74. The molecule has 4 heteroatoms. The molecular weight excluding hydrogens is 248 g/mol. The molecule has 2 N–H and O–H groups in total. The maximum atomic E-state index is 4.71. The first-order valence-electron chi connectivity index (χ1n) is 7.22. The van der Waals surface area contributed by atoms with Crippen LogP contribution in [-0.4, -0.2) is 16.5 Å². The quantitative estimate of drug-likeness (QED) is 0.865.